The van der Waals surface area contributed by atoms with Crippen LogP contribution in [0.4, 0.5) is 0 Å². The van der Waals surface area contributed by atoms with Crippen LogP contribution in [-0.2, 0) is 9.53 Å². The molecule has 17 heavy (non-hydrogen) atoms. The Bertz CT molecular complexity index is 280. The largest absolute Gasteiger partial charge is 0.371 e. The van der Waals surface area contributed by atoms with Gasteiger partial charge in [0, 0.05) is 5.92 Å². The number of rotatable bonds is 4. The zero-order valence-electron chi connectivity index (χ0n) is 11.0. The van der Waals surface area contributed by atoms with Crippen LogP contribution in [0.15, 0.2) is 0 Å². The van der Waals surface area contributed by atoms with E-state index in [1.165, 1.54) is 32.1 Å². The van der Waals surface area contributed by atoms with Crippen LogP contribution >= 0.6 is 0 Å². The fraction of sp³-hybridized carbons (Fsp3) is 0.933. The second kappa shape index (κ2) is 4.38. The maximum Gasteiger partial charge on any atom is 0.162 e. The summed E-state index contributed by atoms with van der Waals surface area (Å²) in [4.78, 5) is 12.3. The Morgan fingerprint density at radius 3 is 2.06 bits per heavy atom. The maximum absolute atomic E-state index is 12.3. The van der Waals surface area contributed by atoms with Crippen molar-refractivity contribution in [3.05, 3.63) is 0 Å². The second-order valence-electron chi connectivity index (χ2n) is 6.78. The molecule has 0 aliphatic heterocycles. The molecule has 4 aliphatic rings. The molecule has 4 fully saturated rings. The number of hydrogen-bond acceptors (Lipinski definition) is 2. The monoisotopic (exact) mass is 236 g/mol. The number of ketones is 1. The molecular formula is C15H24O2. The molecule has 96 valence electrons. The molecule has 0 atom stereocenters. The molecule has 0 spiro atoms. The van der Waals surface area contributed by atoms with Gasteiger partial charge in [-0.25, -0.2) is 0 Å². The van der Waals surface area contributed by atoms with Crippen molar-refractivity contribution < 1.29 is 9.53 Å². The van der Waals surface area contributed by atoms with E-state index in [1.54, 1.807) is 0 Å². The lowest BCUT2D eigenvalue weighted by Crippen LogP contribution is -2.48. The average molecular weight is 236 g/mol. The number of carbonyl (C=O) groups excluding carboxylic acids is 1. The van der Waals surface area contributed by atoms with E-state index >= 15 is 0 Å². The van der Waals surface area contributed by atoms with Crippen LogP contribution in [0.25, 0.3) is 0 Å². The van der Waals surface area contributed by atoms with Gasteiger partial charge in [0.1, 0.15) is 6.61 Å². The number of ether oxygens (including phenoxy) is 1. The summed E-state index contributed by atoms with van der Waals surface area (Å²) < 4.78 is 5.51. The first-order chi connectivity index (χ1) is 8.13. The van der Waals surface area contributed by atoms with Crippen molar-refractivity contribution in [2.24, 2.45) is 29.6 Å². The number of carbonyl (C=O) groups is 1. The van der Waals surface area contributed by atoms with Crippen LogP contribution in [-0.4, -0.2) is 18.5 Å². The third-order valence-electron chi connectivity index (χ3n) is 5.16. The Kier molecular flexibility index (Phi) is 3.02. The summed E-state index contributed by atoms with van der Waals surface area (Å²) >= 11 is 0. The summed E-state index contributed by atoms with van der Waals surface area (Å²) in [5, 5.41) is 0. The van der Waals surface area contributed by atoms with Gasteiger partial charge in [-0.3, -0.25) is 4.79 Å². The summed E-state index contributed by atoms with van der Waals surface area (Å²) in [5.41, 5.74) is 0. The van der Waals surface area contributed by atoms with Gasteiger partial charge in [-0.1, -0.05) is 0 Å². The Morgan fingerprint density at radius 2 is 1.59 bits per heavy atom. The van der Waals surface area contributed by atoms with E-state index in [-0.39, 0.29) is 6.10 Å². The lowest BCUT2D eigenvalue weighted by atomic mass is 9.51. The van der Waals surface area contributed by atoms with E-state index in [2.05, 4.69) is 0 Å². The third-order valence-corrected chi connectivity index (χ3v) is 5.16. The van der Waals surface area contributed by atoms with Crippen LogP contribution in [0.1, 0.15) is 46.0 Å². The maximum atomic E-state index is 12.3. The van der Waals surface area contributed by atoms with Gasteiger partial charge in [-0.05, 0) is 69.6 Å². The first-order valence-corrected chi connectivity index (χ1v) is 7.27. The van der Waals surface area contributed by atoms with Crippen LogP contribution in [0.5, 0.6) is 0 Å². The highest BCUT2D eigenvalue weighted by molar-refractivity contribution is 5.83. The van der Waals surface area contributed by atoms with E-state index in [1.807, 2.05) is 13.8 Å². The Morgan fingerprint density at radius 1 is 1.06 bits per heavy atom. The zero-order chi connectivity index (χ0) is 12.0. The van der Waals surface area contributed by atoms with Crippen molar-refractivity contribution in [1.29, 1.82) is 0 Å². The van der Waals surface area contributed by atoms with Crippen LogP contribution in [0.3, 0.4) is 0 Å². The summed E-state index contributed by atoms with van der Waals surface area (Å²) in [5.74, 6) is 4.05. The van der Waals surface area contributed by atoms with E-state index in [4.69, 9.17) is 4.74 Å². The average Bonchev–Trinajstić information content (AvgIpc) is 2.24. The molecule has 4 saturated carbocycles. The highest BCUT2D eigenvalue weighted by Crippen LogP contribution is 2.56. The van der Waals surface area contributed by atoms with Gasteiger partial charge < -0.3 is 4.74 Å². The van der Waals surface area contributed by atoms with Gasteiger partial charge in [0.15, 0.2) is 5.78 Å². The Balaban J connectivity index is 1.65. The van der Waals surface area contributed by atoms with Crippen molar-refractivity contribution in [2.45, 2.75) is 52.1 Å². The van der Waals surface area contributed by atoms with Crippen LogP contribution in [0, 0.1) is 29.6 Å². The van der Waals surface area contributed by atoms with E-state index in [0.29, 0.717) is 30.1 Å². The predicted octanol–water partition coefficient (Wildman–Crippen LogP) is 3.05. The highest BCUT2D eigenvalue weighted by atomic mass is 16.5. The fourth-order valence-corrected chi connectivity index (χ4v) is 4.80. The van der Waals surface area contributed by atoms with Gasteiger partial charge in [0.25, 0.3) is 0 Å². The van der Waals surface area contributed by atoms with Crippen molar-refractivity contribution in [2.75, 3.05) is 6.61 Å². The highest BCUT2D eigenvalue weighted by Gasteiger charge is 2.50. The van der Waals surface area contributed by atoms with Crippen molar-refractivity contribution in [3.8, 4) is 0 Å². The number of Topliss-reactive ketones (excluding diaryl/α,β-unsaturated/α-hetero) is 1. The van der Waals surface area contributed by atoms with Gasteiger partial charge in [0.05, 0.1) is 6.10 Å². The molecule has 0 unspecified atom stereocenters. The van der Waals surface area contributed by atoms with E-state index in [9.17, 15) is 4.79 Å². The van der Waals surface area contributed by atoms with Gasteiger partial charge in [0.2, 0.25) is 0 Å². The van der Waals surface area contributed by atoms with Crippen LogP contribution < -0.4 is 0 Å². The predicted molar refractivity (Wildman–Crippen MR) is 66.6 cm³/mol. The first-order valence-electron chi connectivity index (χ1n) is 7.27. The topological polar surface area (TPSA) is 26.3 Å². The molecule has 0 aromatic carbocycles. The second-order valence-corrected chi connectivity index (χ2v) is 6.78. The Labute approximate surface area is 104 Å². The smallest absolute Gasteiger partial charge is 0.162 e. The zero-order valence-corrected chi connectivity index (χ0v) is 11.0. The lowest BCUT2D eigenvalue weighted by molar-refractivity contribution is -0.141. The molecule has 0 saturated heterocycles. The summed E-state index contributed by atoms with van der Waals surface area (Å²) in [7, 11) is 0. The molecule has 4 bridgehead atoms. The SMILES string of the molecule is CC(C)OCC(=O)C1C2CC3CC(C2)CC1C3. The minimum atomic E-state index is 0.177. The molecule has 4 rings (SSSR count). The summed E-state index contributed by atoms with van der Waals surface area (Å²) in [6.45, 7) is 4.36. The third kappa shape index (κ3) is 2.16. The van der Waals surface area contributed by atoms with Gasteiger partial charge >= 0.3 is 0 Å². The lowest BCUT2D eigenvalue weighted by Gasteiger charge is -2.53. The van der Waals surface area contributed by atoms with Crippen molar-refractivity contribution >= 4 is 5.78 Å². The quantitative estimate of drug-likeness (QED) is 0.750. The summed E-state index contributed by atoms with van der Waals surface area (Å²) in [6.07, 6.45) is 6.93. The number of hydrogen-bond donors (Lipinski definition) is 0. The van der Waals surface area contributed by atoms with Crippen molar-refractivity contribution in [3.63, 3.8) is 0 Å². The van der Waals surface area contributed by atoms with E-state index in [0.717, 1.165) is 11.8 Å². The molecule has 4 aliphatic carbocycles. The molecule has 0 amide bonds. The molecule has 0 N–H and O–H groups in total. The fourth-order valence-electron chi connectivity index (χ4n) is 4.80. The molecule has 0 aromatic rings. The normalized spacial score (nSPS) is 43.4. The molecule has 0 aromatic heterocycles. The molecule has 0 heterocycles. The Hall–Kier alpha value is -0.370. The standard InChI is InChI=1S/C15H24O2/c1-9(2)17-8-14(16)15-12-4-10-3-11(6-12)7-13(15)5-10/h9-13,15H,3-8H2,1-2H3. The van der Waals surface area contributed by atoms with Crippen molar-refractivity contribution in [1.82, 2.24) is 0 Å². The van der Waals surface area contributed by atoms with E-state index < -0.39 is 0 Å². The summed E-state index contributed by atoms with van der Waals surface area (Å²) in [6, 6.07) is 0. The van der Waals surface area contributed by atoms with Gasteiger partial charge in [-0.2, -0.15) is 0 Å². The molecule has 2 heteroatoms. The minimum Gasteiger partial charge on any atom is -0.371 e. The molecule has 0 radical (unpaired) electrons. The minimum absolute atomic E-state index is 0.177. The van der Waals surface area contributed by atoms with Crippen LogP contribution in [0.2, 0.25) is 0 Å². The first kappa shape index (κ1) is 11.7. The molecule has 2 nitrogen and oxygen atoms in total. The van der Waals surface area contributed by atoms with Gasteiger partial charge in [-0.15, -0.1) is 0 Å². The molecular weight excluding hydrogens is 212 g/mol.